The van der Waals surface area contributed by atoms with E-state index in [-0.39, 0.29) is 23.0 Å². The third-order valence-corrected chi connectivity index (χ3v) is 6.69. The second-order valence-corrected chi connectivity index (χ2v) is 10.3. The molecule has 5 aromatic rings. The van der Waals surface area contributed by atoms with E-state index in [1.165, 1.54) is 6.26 Å². The van der Waals surface area contributed by atoms with Crippen LogP contribution in [0.15, 0.2) is 88.3 Å². The standard InChI is InChI=1S/C26H22N4O4S/c1-17-12-22(26(31)28-24-10-6-7-11-27-24)29-30(17)16-20-14-21(35(2,32)33)13-19-15-23(34-25(19)20)18-8-4-3-5-9-18/h3-15H,16H2,1-2H3,(H,27,28,31). The van der Waals surface area contributed by atoms with Crippen LogP contribution in [0.2, 0.25) is 0 Å². The van der Waals surface area contributed by atoms with E-state index < -0.39 is 9.84 Å². The van der Waals surface area contributed by atoms with E-state index in [0.29, 0.717) is 28.1 Å². The van der Waals surface area contributed by atoms with Crippen molar-refractivity contribution >= 4 is 32.5 Å². The van der Waals surface area contributed by atoms with Crippen LogP contribution in [0.4, 0.5) is 5.82 Å². The number of fused-ring (bicyclic) bond motifs is 1. The topological polar surface area (TPSA) is 107 Å². The summed E-state index contributed by atoms with van der Waals surface area (Å²) >= 11 is 0. The van der Waals surface area contributed by atoms with Gasteiger partial charge in [-0.15, -0.1) is 0 Å². The summed E-state index contributed by atoms with van der Waals surface area (Å²) in [7, 11) is -3.46. The van der Waals surface area contributed by atoms with Gasteiger partial charge in [0.1, 0.15) is 17.2 Å². The molecule has 0 unspecified atom stereocenters. The van der Waals surface area contributed by atoms with E-state index in [2.05, 4.69) is 15.4 Å². The number of sulfone groups is 1. The van der Waals surface area contributed by atoms with Gasteiger partial charge < -0.3 is 9.73 Å². The Balaban J connectivity index is 1.53. The van der Waals surface area contributed by atoms with Crippen molar-refractivity contribution in [2.45, 2.75) is 18.4 Å². The molecule has 1 N–H and O–H groups in total. The number of furan rings is 1. The summed E-state index contributed by atoms with van der Waals surface area (Å²) in [5.74, 6) is 0.682. The van der Waals surface area contributed by atoms with Crippen LogP contribution >= 0.6 is 0 Å². The molecule has 0 aliphatic rings. The van der Waals surface area contributed by atoms with Crippen LogP contribution in [0.25, 0.3) is 22.3 Å². The van der Waals surface area contributed by atoms with Gasteiger partial charge in [-0.3, -0.25) is 9.48 Å². The molecular formula is C26H22N4O4S. The SMILES string of the molecule is Cc1cc(C(=O)Nc2ccccn2)nn1Cc1cc(S(C)(=O)=O)cc2cc(-c3ccccc3)oc12. The molecule has 2 aromatic carbocycles. The first-order chi connectivity index (χ1) is 16.8. The summed E-state index contributed by atoms with van der Waals surface area (Å²) in [6, 6.07) is 21.6. The number of amides is 1. The fourth-order valence-electron chi connectivity index (χ4n) is 3.83. The zero-order valence-corrected chi connectivity index (χ0v) is 19.9. The number of aryl methyl sites for hydroxylation is 1. The van der Waals surface area contributed by atoms with Crippen LogP contribution in [-0.4, -0.2) is 35.3 Å². The molecule has 176 valence electrons. The second kappa shape index (κ2) is 8.84. The highest BCUT2D eigenvalue weighted by Crippen LogP contribution is 2.32. The van der Waals surface area contributed by atoms with Gasteiger partial charge >= 0.3 is 0 Å². The fraction of sp³-hybridized carbons (Fsp3) is 0.115. The zero-order chi connectivity index (χ0) is 24.6. The molecule has 5 rings (SSSR count). The Hall–Kier alpha value is -4.24. The van der Waals surface area contributed by atoms with Gasteiger partial charge in [-0.25, -0.2) is 13.4 Å². The number of nitrogens with one attached hydrogen (secondary N) is 1. The molecule has 35 heavy (non-hydrogen) atoms. The van der Waals surface area contributed by atoms with Crippen molar-refractivity contribution in [1.29, 1.82) is 0 Å². The van der Waals surface area contributed by atoms with Crippen LogP contribution in [0.5, 0.6) is 0 Å². The molecule has 3 heterocycles. The monoisotopic (exact) mass is 486 g/mol. The molecule has 9 heteroatoms. The number of hydrogen-bond acceptors (Lipinski definition) is 6. The van der Waals surface area contributed by atoms with Crippen LogP contribution in [-0.2, 0) is 16.4 Å². The lowest BCUT2D eigenvalue weighted by atomic mass is 10.1. The second-order valence-electron chi connectivity index (χ2n) is 8.25. The lowest BCUT2D eigenvalue weighted by molar-refractivity contribution is 0.102. The highest BCUT2D eigenvalue weighted by molar-refractivity contribution is 7.90. The van der Waals surface area contributed by atoms with Crippen molar-refractivity contribution in [2.24, 2.45) is 0 Å². The van der Waals surface area contributed by atoms with Crippen LogP contribution in [0.3, 0.4) is 0 Å². The van der Waals surface area contributed by atoms with Crippen molar-refractivity contribution < 1.29 is 17.6 Å². The number of carbonyl (C=O) groups excluding carboxylic acids is 1. The van der Waals surface area contributed by atoms with E-state index in [1.807, 2.05) is 43.3 Å². The molecule has 0 saturated heterocycles. The number of nitrogens with zero attached hydrogens (tertiary/aromatic N) is 3. The Morgan fingerprint density at radius 2 is 1.80 bits per heavy atom. The number of anilines is 1. The maximum Gasteiger partial charge on any atom is 0.277 e. The minimum absolute atomic E-state index is 0.193. The van der Waals surface area contributed by atoms with Crippen LogP contribution in [0, 0.1) is 6.92 Å². The van der Waals surface area contributed by atoms with E-state index in [4.69, 9.17) is 4.42 Å². The first-order valence-corrected chi connectivity index (χ1v) is 12.8. The van der Waals surface area contributed by atoms with Gasteiger partial charge in [-0.1, -0.05) is 36.4 Å². The van der Waals surface area contributed by atoms with Gasteiger partial charge in [0.2, 0.25) is 0 Å². The molecule has 0 bridgehead atoms. The van der Waals surface area contributed by atoms with Gasteiger partial charge in [-0.05, 0) is 43.3 Å². The first kappa shape index (κ1) is 22.5. The molecule has 0 fully saturated rings. The van der Waals surface area contributed by atoms with Crippen LogP contribution in [0.1, 0.15) is 21.7 Å². The molecule has 0 spiro atoms. The summed E-state index contributed by atoms with van der Waals surface area (Å²) < 4.78 is 32.6. The average molecular weight is 487 g/mol. The number of carbonyl (C=O) groups is 1. The lowest BCUT2D eigenvalue weighted by Gasteiger charge is -2.08. The van der Waals surface area contributed by atoms with Crippen molar-refractivity contribution in [3.8, 4) is 11.3 Å². The molecule has 8 nitrogen and oxygen atoms in total. The van der Waals surface area contributed by atoms with E-state index >= 15 is 0 Å². The summed E-state index contributed by atoms with van der Waals surface area (Å²) in [5, 5.41) is 7.85. The number of aromatic nitrogens is 3. The highest BCUT2D eigenvalue weighted by atomic mass is 32.2. The molecule has 0 atom stereocenters. The lowest BCUT2D eigenvalue weighted by Crippen LogP contribution is -2.14. The maximum absolute atomic E-state index is 12.7. The van der Waals surface area contributed by atoms with Crippen molar-refractivity contribution in [3.05, 3.63) is 95.9 Å². The number of hydrogen-bond donors (Lipinski definition) is 1. The Bertz CT molecular complexity index is 1640. The number of benzene rings is 2. The summed E-state index contributed by atoms with van der Waals surface area (Å²) in [6.07, 6.45) is 2.77. The average Bonchev–Trinajstić information content (AvgIpc) is 3.44. The van der Waals surface area contributed by atoms with Gasteiger partial charge in [0.05, 0.1) is 11.4 Å². The molecular weight excluding hydrogens is 464 g/mol. The third-order valence-electron chi connectivity index (χ3n) is 5.59. The molecule has 0 radical (unpaired) electrons. The van der Waals surface area contributed by atoms with Crippen LogP contribution < -0.4 is 5.32 Å². The minimum atomic E-state index is -3.46. The molecule has 0 aliphatic carbocycles. The Morgan fingerprint density at radius 3 is 2.51 bits per heavy atom. The van der Waals surface area contributed by atoms with E-state index in [9.17, 15) is 13.2 Å². The largest absolute Gasteiger partial charge is 0.456 e. The maximum atomic E-state index is 12.7. The molecule has 1 amide bonds. The predicted molar refractivity (Wildman–Crippen MR) is 133 cm³/mol. The number of pyridine rings is 1. The van der Waals surface area contributed by atoms with E-state index in [1.54, 1.807) is 47.3 Å². The summed E-state index contributed by atoms with van der Waals surface area (Å²) in [4.78, 5) is 17.0. The van der Waals surface area contributed by atoms with Crippen molar-refractivity contribution in [1.82, 2.24) is 14.8 Å². The highest BCUT2D eigenvalue weighted by Gasteiger charge is 2.19. The molecule has 3 aromatic heterocycles. The quantitative estimate of drug-likeness (QED) is 0.373. The number of rotatable bonds is 6. The molecule has 0 saturated carbocycles. The fourth-order valence-corrected chi connectivity index (χ4v) is 4.53. The van der Waals surface area contributed by atoms with E-state index in [0.717, 1.165) is 11.3 Å². The van der Waals surface area contributed by atoms with Crippen molar-refractivity contribution in [2.75, 3.05) is 11.6 Å². The Kier molecular flexibility index (Phi) is 5.70. The zero-order valence-electron chi connectivity index (χ0n) is 19.1. The van der Waals surface area contributed by atoms with Gasteiger partial charge in [0, 0.05) is 34.7 Å². The van der Waals surface area contributed by atoms with Crippen molar-refractivity contribution in [3.63, 3.8) is 0 Å². The Labute approximate surface area is 202 Å². The first-order valence-electron chi connectivity index (χ1n) is 10.9. The van der Waals surface area contributed by atoms with Gasteiger partial charge in [-0.2, -0.15) is 5.10 Å². The van der Waals surface area contributed by atoms with Gasteiger partial charge in [0.15, 0.2) is 15.5 Å². The smallest absolute Gasteiger partial charge is 0.277 e. The molecule has 0 aliphatic heterocycles. The normalized spacial score (nSPS) is 11.6. The summed E-state index contributed by atoms with van der Waals surface area (Å²) in [5.41, 5.74) is 3.08. The Morgan fingerprint density at radius 1 is 1.03 bits per heavy atom. The van der Waals surface area contributed by atoms with Gasteiger partial charge in [0.25, 0.3) is 5.91 Å². The minimum Gasteiger partial charge on any atom is -0.456 e. The predicted octanol–water partition coefficient (Wildman–Crippen LogP) is 4.70. The summed E-state index contributed by atoms with van der Waals surface area (Å²) in [6.45, 7) is 2.06. The third kappa shape index (κ3) is 4.71.